The molecule has 1 N–H and O–H groups in total. The van der Waals surface area contributed by atoms with Gasteiger partial charge in [0.2, 0.25) is 0 Å². The van der Waals surface area contributed by atoms with Crippen molar-refractivity contribution in [3.05, 3.63) is 65.7 Å². The third-order valence-electron chi connectivity index (χ3n) is 3.91. The molecule has 0 unspecified atom stereocenters. The van der Waals surface area contributed by atoms with E-state index in [-0.39, 0.29) is 18.2 Å². The van der Waals surface area contributed by atoms with Crippen LogP contribution in [0.2, 0.25) is 0 Å². The molecule has 0 atom stereocenters. The number of imidazole rings is 1. The highest BCUT2D eigenvalue weighted by atomic mass is 32.2. The lowest BCUT2D eigenvalue weighted by Gasteiger charge is -2.09. The van der Waals surface area contributed by atoms with Gasteiger partial charge in [-0.25, -0.2) is 14.8 Å². The maximum atomic E-state index is 12.5. The highest BCUT2D eigenvalue weighted by molar-refractivity contribution is 7.99. The third kappa shape index (κ3) is 4.58. The van der Waals surface area contributed by atoms with Crippen molar-refractivity contribution in [3.63, 3.8) is 0 Å². The Morgan fingerprint density at radius 2 is 1.93 bits per heavy atom. The molecular weight excluding hydrogens is 376 g/mol. The van der Waals surface area contributed by atoms with E-state index in [9.17, 15) is 9.59 Å². The molecule has 144 valence electrons. The summed E-state index contributed by atoms with van der Waals surface area (Å²) in [7, 11) is 1.94. The number of hydrogen-bond donors (Lipinski definition) is 1. The second kappa shape index (κ2) is 8.71. The molecule has 1 aromatic carbocycles. The van der Waals surface area contributed by atoms with Crippen LogP contribution in [-0.2, 0) is 11.8 Å². The summed E-state index contributed by atoms with van der Waals surface area (Å²) >= 11 is 1.54. The Bertz CT molecular complexity index is 999. The summed E-state index contributed by atoms with van der Waals surface area (Å²) in [6.45, 7) is 3.70. The molecule has 0 saturated carbocycles. The van der Waals surface area contributed by atoms with E-state index in [1.165, 1.54) is 17.8 Å². The number of amides is 1. The molecule has 0 radical (unpaired) electrons. The Morgan fingerprint density at radius 3 is 2.54 bits per heavy atom. The molecule has 0 aliphatic rings. The zero-order chi connectivity index (χ0) is 20.1. The maximum Gasteiger partial charge on any atom is 0.339 e. The Balaban J connectivity index is 1.66. The Labute approximate surface area is 167 Å². The molecule has 0 spiro atoms. The molecule has 3 rings (SSSR count). The molecule has 7 nitrogen and oxygen atoms in total. The summed E-state index contributed by atoms with van der Waals surface area (Å²) in [5, 5.41) is 3.70. The van der Waals surface area contributed by atoms with E-state index in [1.54, 1.807) is 26.1 Å². The van der Waals surface area contributed by atoms with Crippen LogP contribution in [0.15, 0.2) is 58.8 Å². The second-order valence-electron chi connectivity index (χ2n) is 5.95. The van der Waals surface area contributed by atoms with Crippen LogP contribution >= 0.6 is 11.8 Å². The fraction of sp³-hybridized carbons (Fsp3) is 0.200. The van der Waals surface area contributed by atoms with Gasteiger partial charge in [0.05, 0.1) is 17.9 Å². The Morgan fingerprint density at radius 1 is 1.18 bits per heavy atom. The number of rotatable bonds is 6. The minimum Gasteiger partial charge on any atom is -0.462 e. The Kier molecular flexibility index (Phi) is 6.10. The van der Waals surface area contributed by atoms with Gasteiger partial charge < -0.3 is 14.6 Å². The standard InChI is InChI=1S/C20H20N4O3S/c1-4-27-19(26)16-9-10-17(22-13(16)2)18(25)23-14-5-7-15(8-6-14)28-20-21-11-12-24(20)3/h5-12H,4H2,1-3H3,(H,23,25). The third-order valence-corrected chi connectivity index (χ3v) is 5.00. The quantitative estimate of drug-likeness (QED) is 0.640. The molecule has 2 aromatic heterocycles. The molecule has 0 fully saturated rings. The van der Waals surface area contributed by atoms with E-state index in [1.807, 2.05) is 42.1 Å². The van der Waals surface area contributed by atoms with Crippen LogP contribution in [0.5, 0.6) is 0 Å². The molecule has 0 aliphatic carbocycles. The molecule has 3 aromatic rings. The minimum absolute atomic E-state index is 0.233. The summed E-state index contributed by atoms with van der Waals surface area (Å²) in [5.41, 5.74) is 1.70. The SMILES string of the molecule is CCOC(=O)c1ccc(C(=O)Nc2ccc(Sc3nccn3C)cc2)nc1C. The van der Waals surface area contributed by atoms with Gasteiger partial charge in [-0.15, -0.1) is 0 Å². The fourth-order valence-electron chi connectivity index (χ4n) is 2.47. The predicted molar refractivity (Wildman–Crippen MR) is 107 cm³/mol. The molecule has 1 amide bonds. The van der Waals surface area contributed by atoms with E-state index in [0.29, 0.717) is 16.9 Å². The number of anilines is 1. The van der Waals surface area contributed by atoms with Crippen molar-refractivity contribution in [2.45, 2.75) is 23.9 Å². The van der Waals surface area contributed by atoms with Crippen molar-refractivity contribution >= 4 is 29.3 Å². The molecule has 0 bridgehead atoms. The monoisotopic (exact) mass is 396 g/mol. The number of pyridine rings is 1. The summed E-state index contributed by atoms with van der Waals surface area (Å²) in [6.07, 6.45) is 3.64. The summed E-state index contributed by atoms with van der Waals surface area (Å²) in [4.78, 5) is 33.8. The first-order valence-corrected chi connectivity index (χ1v) is 9.51. The summed E-state index contributed by atoms with van der Waals surface area (Å²) in [6, 6.07) is 10.5. The van der Waals surface area contributed by atoms with E-state index < -0.39 is 5.97 Å². The number of hydrogen-bond acceptors (Lipinski definition) is 6. The number of nitrogens with zero attached hydrogens (tertiary/aromatic N) is 3. The number of carbonyl (C=O) groups is 2. The van der Waals surface area contributed by atoms with Gasteiger partial charge in [0.15, 0.2) is 5.16 Å². The first-order chi connectivity index (χ1) is 13.5. The van der Waals surface area contributed by atoms with Crippen molar-refractivity contribution in [1.82, 2.24) is 14.5 Å². The van der Waals surface area contributed by atoms with Crippen LogP contribution in [-0.4, -0.2) is 33.0 Å². The molecule has 8 heteroatoms. The van der Waals surface area contributed by atoms with Crippen molar-refractivity contribution < 1.29 is 14.3 Å². The number of aromatic nitrogens is 3. The number of carbonyl (C=O) groups excluding carboxylic acids is 2. The minimum atomic E-state index is -0.444. The van der Waals surface area contributed by atoms with E-state index in [2.05, 4.69) is 15.3 Å². The van der Waals surface area contributed by atoms with Gasteiger partial charge in [0.25, 0.3) is 5.91 Å². The van der Waals surface area contributed by atoms with Crippen molar-refractivity contribution in [2.75, 3.05) is 11.9 Å². The van der Waals surface area contributed by atoms with Crippen LogP contribution in [0.4, 0.5) is 5.69 Å². The smallest absolute Gasteiger partial charge is 0.339 e. The maximum absolute atomic E-state index is 12.5. The van der Waals surface area contributed by atoms with Crippen LogP contribution < -0.4 is 5.32 Å². The van der Waals surface area contributed by atoms with E-state index >= 15 is 0 Å². The number of nitrogens with one attached hydrogen (secondary N) is 1. The van der Waals surface area contributed by atoms with Gasteiger partial charge in [0, 0.05) is 30.0 Å². The van der Waals surface area contributed by atoms with Gasteiger partial charge in [-0.3, -0.25) is 4.79 Å². The number of benzene rings is 1. The molecule has 0 saturated heterocycles. The van der Waals surface area contributed by atoms with Crippen molar-refractivity contribution in [3.8, 4) is 0 Å². The van der Waals surface area contributed by atoms with Gasteiger partial charge >= 0.3 is 5.97 Å². The fourth-order valence-corrected chi connectivity index (χ4v) is 3.27. The van der Waals surface area contributed by atoms with E-state index in [0.717, 1.165) is 10.1 Å². The van der Waals surface area contributed by atoms with Gasteiger partial charge in [-0.05, 0) is 50.2 Å². The molecule has 28 heavy (non-hydrogen) atoms. The largest absolute Gasteiger partial charge is 0.462 e. The first-order valence-electron chi connectivity index (χ1n) is 8.69. The first kappa shape index (κ1) is 19.6. The van der Waals surface area contributed by atoms with Gasteiger partial charge in [-0.2, -0.15) is 0 Å². The topological polar surface area (TPSA) is 86.1 Å². The zero-order valence-electron chi connectivity index (χ0n) is 15.8. The normalized spacial score (nSPS) is 10.5. The Hall–Kier alpha value is -3.13. The lowest BCUT2D eigenvalue weighted by atomic mass is 10.2. The highest BCUT2D eigenvalue weighted by Crippen LogP contribution is 2.26. The van der Waals surface area contributed by atoms with Crippen LogP contribution in [0.25, 0.3) is 0 Å². The van der Waals surface area contributed by atoms with Crippen LogP contribution in [0.1, 0.15) is 33.5 Å². The van der Waals surface area contributed by atoms with E-state index in [4.69, 9.17) is 4.74 Å². The van der Waals surface area contributed by atoms with Crippen LogP contribution in [0, 0.1) is 6.92 Å². The predicted octanol–water partition coefficient (Wildman–Crippen LogP) is 3.70. The summed E-state index contributed by atoms with van der Waals surface area (Å²) < 4.78 is 6.91. The van der Waals surface area contributed by atoms with Gasteiger partial charge in [0.1, 0.15) is 5.69 Å². The average molecular weight is 396 g/mol. The molecule has 2 heterocycles. The second-order valence-corrected chi connectivity index (χ2v) is 6.99. The highest BCUT2D eigenvalue weighted by Gasteiger charge is 2.15. The molecule has 0 aliphatic heterocycles. The summed E-state index contributed by atoms with van der Waals surface area (Å²) in [5.74, 6) is -0.789. The van der Waals surface area contributed by atoms with Crippen LogP contribution in [0.3, 0.4) is 0 Å². The number of aryl methyl sites for hydroxylation is 2. The number of ether oxygens (including phenoxy) is 1. The lowest BCUT2D eigenvalue weighted by molar-refractivity contribution is 0.0524. The lowest BCUT2D eigenvalue weighted by Crippen LogP contribution is -2.16. The van der Waals surface area contributed by atoms with Gasteiger partial charge in [-0.1, -0.05) is 11.8 Å². The average Bonchev–Trinajstić information content (AvgIpc) is 3.08. The molecular formula is C20H20N4O3S. The van der Waals surface area contributed by atoms with Crippen molar-refractivity contribution in [2.24, 2.45) is 7.05 Å². The zero-order valence-corrected chi connectivity index (χ0v) is 16.6. The number of esters is 1. The van der Waals surface area contributed by atoms with Crippen molar-refractivity contribution in [1.29, 1.82) is 0 Å².